The van der Waals surface area contributed by atoms with Crippen molar-refractivity contribution >= 4 is 5.97 Å². The maximum atomic E-state index is 10.5. The Morgan fingerprint density at radius 2 is 2.18 bits per heavy atom. The maximum Gasteiger partial charge on any atom is 0.303 e. The second kappa shape index (κ2) is 5.83. The van der Waals surface area contributed by atoms with E-state index in [-0.39, 0.29) is 11.8 Å². The molecule has 4 heteroatoms. The minimum atomic E-state index is -0.710. The van der Waals surface area contributed by atoms with Crippen LogP contribution >= 0.6 is 0 Å². The van der Waals surface area contributed by atoms with Crippen LogP contribution in [-0.4, -0.2) is 48.3 Å². The average molecular weight is 243 g/mol. The second-order valence-electron chi connectivity index (χ2n) is 5.49. The number of carboxylic acid groups (broad SMARTS) is 1. The van der Waals surface area contributed by atoms with Crippen LogP contribution < -0.4 is 0 Å². The Kier molecular flexibility index (Phi) is 4.95. The zero-order chi connectivity index (χ0) is 13.1. The molecule has 0 bridgehead atoms. The lowest BCUT2D eigenvalue weighted by molar-refractivity contribution is -0.146. The fourth-order valence-electron chi connectivity index (χ4n) is 2.73. The molecule has 100 valence electrons. The van der Waals surface area contributed by atoms with E-state index in [4.69, 9.17) is 9.84 Å². The van der Waals surface area contributed by atoms with Crippen LogP contribution in [-0.2, 0) is 9.53 Å². The predicted octanol–water partition coefficient (Wildman–Crippen LogP) is 1.99. The van der Waals surface area contributed by atoms with Crippen molar-refractivity contribution in [2.45, 2.75) is 52.2 Å². The SMILES string of the molecule is CCOC1CC(N(C)CCCC(=O)O)C1(C)C. The molecule has 2 atom stereocenters. The molecule has 0 aliphatic heterocycles. The van der Waals surface area contributed by atoms with E-state index >= 15 is 0 Å². The van der Waals surface area contributed by atoms with Crippen molar-refractivity contribution in [3.63, 3.8) is 0 Å². The van der Waals surface area contributed by atoms with Crippen molar-refractivity contribution in [3.05, 3.63) is 0 Å². The summed E-state index contributed by atoms with van der Waals surface area (Å²) in [5.74, 6) is -0.710. The number of ether oxygens (including phenoxy) is 1. The summed E-state index contributed by atoms with van der Waals surface area (Å²) in [4.78, 5) is 12.7. The minimum absolute atomic E-state index is 0.175. The van der Waals surface area contributed by atoms with Gasteiger partial charge < -0.3 is 14.7 Å². The van der Waals surface area contributed by atoms with Gasteiger partial charge in [-0.3, -0.25) is 4.79 Å². The largest absolute Gasteiger partial charge is 0.481 e. The first-order valence-corrected chi connectivity index (χ1v) is 6.43. The average Bonchev–Trinajstić information content (AvgIpc) is 2.22. The normalized spacial score (nSPS) is 26.9. The van der Waals surface area contributed by atoms with E-state index in [1.54, 1.807) is 0 Å². The second-order valence-corrected chi connectivity index (χ2v) is 5.49. The predicted molar refractivity (Wildman–Crippen MR) is 67.1 cm³/mol. The zero-order valence-electron chi connectivity index (χ0n) is 11.4. The molecule has 1 rings (SSSR count). The van der Waals surface area contributed by atoms with Crippen LogP contribution in [0.4, 0.5) is 0 Å². The summed E-state index contributed by atoms with van der Waals surface area (Å²) in [6.07, 6.45) is 2.38. The number of rotatable bonds is 7. The van der Waals surface area contributed by atoms with E-state index in [9.17, 15) is 4.79 Å². The van der Waals surface area contributed by atoms with Crippen LogP contribution in [0.1, 0.15) is 40.0 Å². The third kappa shape index (κ3) is 3.42. The summed E-state index contributed by atoms with van der Waals surface area (Å²) in [5.41, 5.74) is 0.175. The highest BCUT2D eigenvalue weighted by atomic mass is 16.5. The molecule has 1 N–H and O–H groups in total. The molecule has 0 amide bonds. The lowest BCUT2D eigenvalue weighted by Gasteiger charge is -2.55. The Morgan fingerprint density at radius 3 is 2.65 bits per heavy atom. The van der Waals surface area contributed by atoms with Gasteiger partial charge >= 0.3 is 5.97 Å². The van der Waals surface area contributed by atoms with E-state index in [0.29, 0.717) is 12.1 Å². The van der Waals surface area contributed by atoms with Crippen LogP contribution in [0.3, 0.4) is 0 Å². The van der Waals surface area contributed by atoms with Crippen molar-refractivity contribution in [1.29, 1.82) is 0 Å². The Balaban J connectivity index is 2.34. The van der Waals surface area contributed by atoms with Gasteiger partial charge in [-0.25, -0.2) is 0 Å². The van der Waals surface area contributed by atoms with Gasteiger partial charge in [-0.1, -0.05) is 13.8 Å². The Hall–Kier alpha value is -0.610. The first kappa shape index (κ1) is 14.5. The van der Waals surface area contributed by atoms with Gasteiger partial charge in [0.05, 0.1) is 6.10 Å². The molecule has 17 heavy (non-hydrogen) atoms. The molecule has 0 saturated heterocycles. The molecule has 1 aliphatic carbocycles. The molecule has 4 nitrogen and oxygen atoms in total. The Morgan fingerprint density at radius 1 is 1.53 bits per heavy atom. The van der Waals surface area contributed by atoms with Crippen LogP contribution in [0, 0.1) is 5.41 Å². The van der Waals surface area contributed by atoms with Crippen molar-refractivity contribution < 1.29 is 14.6 Å². The van der Waals surface area contributed by atoms with Gasteiger partial charge in [-0.05, 0) is 33.4 Å². The summed E-state index contributed by atoms with van der Waals surface area (Å²) in [5, 5.41) is 8.61. The summed E-state index contributed by atoms with van der Waals surface area (Å²) < 4.78 is 5.70. The molecule has 2 unspecified atom stereocenters. The minimum Gasteiger partial charge on any atom is -0.481 e. The number of hydrogen-bond acceptors (Lipinski definition) is 3. The molecule has 1 saturated carbocycles. The summed E-state index contributed by atoms with van der Waals surface area (Å²) in [7, 11) is 2.08. The van der Waals surface area contributed by atoms with Gasteiger partial charge in [-0.2, -0.15) is 0 Å². The van der Waals surface area contributed by atoms with Crippen molar-refractivity contribution in [1.82, 2.24) is 4.90 Å². The molecule has 0 aromatic rings. The highest BCUT2D eigenvalue weighted by molar-refractivity contribution is 5.66. The van der Waals surface area contributed by atoms with Crippen molar-refractivity contribution in [2.75, 3.05) is 20.2 Å². The fraction of sp³-hybridized carbons (Fsp3) is 0.923. The standard InChI is InChI=1S/C13H25NO3/c1-5-17-11-9-10(13(11,2)3)14(4)8-6-7-12(15)16/h10-11H,5-9H2,1-4H3,(H,15,16). The molecule has 0 spiro atoms. The number of hydrogen-bond donors (Lipinski definition) is 1. The van der Waals surface area contributed by atoms with Gasteiger partial charge in [-0.15, -0.1) is 0 Å². The molecular weight excluding hydrogens is 218 g/mol. The van der Waals surface area contributed by atoms with Gasteiger partial charge in [0.1, 0.15) is 0 Å². The quantitative estimate of drug-likeness (QED) is 0.743. The van der Waals surface area contributed by atoms with E-state index in [0.717, 1.165) is 26.0 Å². The molecule has 0 aromatic heterocycles. The lowest BCUT2D eigenvalue weighted by Crippen LogP contribution is -2.61. The van der Waals surface area contributed by atoms with Crippen LogP contribution in [0.25, 0.3) is 0 Å². The number of aliphatic carboxylic acids is 1. The summed E-state index contributed by atoms with van der Waals surface area (Å²) >= 11 is 0. The molecule has 1 fully saturated rings. The molecule has 0 aromatic carbocycles. The topological polar surface area (TPSA) is 49.8 Å². The smallest absolute Gasteiger partial charge is 0.303 e. The van der Waals surface area contributed by atoms with Crippen LogP contribution in [0.2, 0.25) is 0 Å². The van der Waals surface area contributed by atoms with Crippen LogP contribution in [0.5, 0.6) is 0 Å². The number of carbonyl (C=O) groups is 1. The number of nitrogens with zero attached hydrogens (tertiary/aromatic N) is 1. The Labute approximate surface area is 104 Å². The summed E-state index contributed by atoms with van der Waals surface area (Å²) in [6.45, 7) is 8.10. The monoisotopic (exact) mass is 243 g/mol. The first-order chi connectivity index (χ1) is 7.89. The van der Waals surface area contributed by atoms with Crippen molar-refractivity contribution in [2.24, 2.45) is 5.41 Å². The van der Waals surface area contributed by atoms with Crippen LogP contribution in [0.15, 0.2) is 0 Å². The van der Waals surface area contributed by atoms with Crippen molar-refractivity contribution in [3.8, 4) is 0 Å². The maximum absolute atomic E-state index is 10.5. The molecular formula is C13H25NO3. The Bertz CT molecular complexity index is 265. The van der Waals surface area contributed by atoms with E-state index in [2.05, 4.69) is 25.8 Å². The zero-order valence-corrected chi connectivity index (χ0v) is 11.4. The fourth-order valence-corrected chi connectivity index (χ4v) is 2.73. The lowest BCUT2D eigenvalue weighted by atomic mass is 9.64. The molecule has 0 radical (unpaired) electrons. The third-order valence-corrected chi connectivity index (χ3v) is 3.93. The third-order valence-electron chi connectivity index (χ3n) is 3.93. The van der Waals surface area contributed by atoms with Gasteiger partial charge in [0.25, 0.3) is 0 Å². The molecule has 1 aliphatic rings. The van der Waals surface area contributed by atoms with Gasteiger partial charge in [0.15, 0.2) is 0 Å². The highest BCUT2D eigenvalue weighted by Gasteiger charge is 2.50. The van der Waals surface area contributed by atoms with E-state index in [1.165, 1.54) is 0 Å². The molecule has 0 heterocycles. The first-order valence-electron chi connectivity index (χ1n) is 6.43. The number of carboxylic acids is 1. The van der Waals surface area contributed by atoms with Gasteiger partial charge in [0, 0.05) is 24.5 Å². The van der Waals surface area contributed by atoms with Gasteiger partial charge in [0.2, 0.25) is 0 Å². The van der Waals surface area contributed by atoms with E-state index in [1.807, 2.05) is 6.92 Å². The highest BCUT2D eigenvalue weighted by Crippen LogP contribution is 2.45. The summed E-state index contributed by atoms with van der Waals surface area (Å²) in [6, 6.07) is 0.507. The van der Waals surface area contributed by atoms with E-state index < -0.39 is 5.97 Å².